The zero-order valence-electron chi connectivity index (χ0n) is 14.2. The number of rotatable bonds is 4. The van der Waals surface area contributed by atoms with Crippen LogP contribution in [0.2, 0.25) is 10.0 Å². The van der Waals surface area contributed by atoms with Crippen molar-refractivity contribution in [3.63, 3.8) is 0 Å². The maximum Gasteiger partial charge on any atom is 0.307 e. The number of nitrogens with zero attached hydrogens (tertiary/aromatic N) is 2. The summed E-state index contributed by atoms with van der Waals surface area (Å²) in [6.45, 7) is 4.43. The van der Waals surface area contributed by atoms with Gasteiger partial charge in [0.25, 0.3) is 5.89 Å². The number of hydrogen-bond donors (Lipinski definition) is 1. The van der Waals surface area contributed by atoms with Crippen LogP contribution in [0.5, 0.6) is 0 Å². The molecule has 4 heterocycles. The lowest BCUT2D eigenvalue weighted by Gasteiger charge is -2.49. The predicted octanol–water partition coefficient (Wildman–Crippen LogP) is 4.35. The maximum absolute atomic E-state index is 12.6. The highest BCUT2D eigenvalue weighted by Gasteiger charge is 2.40. The topological polar surface area (TPSA) is 58.4 Å². The number of benzene rings is 1. The van der Waals surface area contributed by atoms with Crippen LogP contribution < -0.4 is 5.32 Å². The molecule has 3 aliphatic heterocycles. The van der Waals surface area contributed by atoms with Crippen molar-refractivity contribution >= 4 is 40.9 Å². The Morgan fingerprint density at radius 1 is 1.35 bits per heavy atom. The van der Waals surface area contributed by atoms with Crippen molar-refractivity contribution in [1.29, 1.82) is 0 Å². The molecule has 26 heavy (non-hydrogen) atoms. The van der Waals surface area contributed by atoms with Crippen LogP contribution in [0.15, 0.2) is 38.8 Å². The lowest BCUT2D eigenvalue weighted by atomic mass is 9.79. The molecule has 2 bridgehead atoms. The van der Waals surface area contributed by atoms with Crippen LogP contribution in [-0.2, 0) is 0 Å². The van der Waals surface area contributed by atoms with E-state index >= 15 is 0 Å². The summed E-state index contributed by atoms with van der Waals surface area (Å²) < 4.78 is 5.63. The SMILES string of the molecule is C[C@H]1[C@H](NC(=O)c2ncc(Sc3ccc(Cl)cc3Cl)o2)C2CCN1CC2. The minimum absolute atomic E-state index is 0.0845. The van der Waals surface area contributed by atoms with E-state index in [9.17, 15) is 4.79 Å². The second-order valence-corrected chi connectivity index (χ2v) is 8.66. The van der Waals surface area contributed by atoms with Gasteiger partial charge in [-0.1, -0.05) is 23.2 Å². The first-order chi connectivity index (χ1) is 12.5. The smallest absolute Gasteiger partial charge is 0.307 e. The Morgan fingerprint density at radius 2 is 2.12 bits per heavy atom. The zero-order valence-corrected chi connectivity index (χ0v) is 16.6. The Kier molecular flexibility index (Phi) is 5.19. The Hall–Kier alpha value is -1.21. The standard InChI is InChI=1S/C18H19Cl2N3O2S/c1-10-16(11-4-6-23(10)7-5-11)22-17(24)18-21-9-15(25-18)26-14-3-2-12(19)8-13(14)20/h2-3,8-11,16H,4-7H2,1H3,(H,22,24)/t10-,16-/m0/s1. The number of amides is 1. The van der Waals surface area contributed by atoms with Gasteiger partial charge in [-0.15, -0.1) is 0 Å². The Labute approximate surface area is 166 Å². The molecule has 8 heteroatoms. The largest absolute Gasteiger partial charge is 0.425 e. The molecule has 0 spiro atoms. The quantitative estimate of drug-likeness (QED) is 0.810. The van der Waals surface area contributed by atoms with Gasteiger partial charge in [-0.25, -0.2) is 4.98 Å². The number of hydrogen-bond acceptors (Lipinski definition) is 5. The molecule has 1 N–H and O–H groups in total. The summed E-state index contributed by atoms with van der Waals surface area (Å²) in [5.74, 6) is 0.363. The summed E-state index contributed by atoms with van der Waals surface area (Å²) in [5.41, 5.74) is 0. The van der Waals surface area contributed by atoms with Gasteiger partial charge >= 0.3 is 5.91 Å². The van der Waals surface area contributed by atoms with Gasteiger partial charge in [0.05, 0.1) is 11.2 Å². The van der Waals surface area contributed by atoms with Gasteiger partial charge in [-0.2, -0.15) is 0 Å². The van der Waals surface area contributed by atoms with Gasteiger partial charge < -0.3 is 9.73 Å². The van der Waals surface area contributed by atoms with Crippen LogP contribution >= 0.6 is 35.0 Å². The number of nitrogens with one attached hydrogen (secondary N) is 1. The summed E-state index contributed by atoms with van der Waals surface area (Å²) in [6, 6.07) is 5.74. The Bertz CT molecular complexity index is 819. The third-order valence-electron chi connectivity index (χ3n) is 5.26. The molecule has 0 unspecified atom stereocenters. The number of halogens is 2. The molecule has 3 aliphatic rings. The third kappa shape index (κ3) is 3.60. The number of piperidine rings is 3. The minimum atomic E-state index is -0.260. The Balaban J connectivity index is 1.43. The molecule has 3 fully saturated rings. The predicted molar refractivity (Wildman–Crippen MR) is 102 cm³/mol. The fraction of sp³-hybridized carbons (Fsp3) is 0.444. The number of carbonyl (C=O) groups is 1. The van der Waals surface area contributed by atoms with Crippen LogP contribution in [0.1, 0.15) is 30.5 Å². The first kappa shape index (κ1) is 18.2. The van der Waals surface area contributed by atoms with Crippen molar-refractivity contribution in [2.45, 2.75) is 41.8 Å². The molecule has 3 saturated heterocycles. The lowest BCUT2D eigenvalue weighted by Crippen LogP contribution is -2.62. The summed E-state index contributed by atoms with van der Waals surface area (Å²) in [7, 11) is 0. The summed E-state index contributed by atoms with van der Waals surface area (Å²) in [4.78, 5) is 19.9. The molecule has 1 aromatic heterocycles. The number of fused-ring (bicyclic) bond motifs is 3. The average Bonchev–Trinajstić information content (AvgIpc) is 3.09. The van der Waals surface area contributed by atoms with Gasteiger partial charge in [0, 0.05) is 22.0 Å². The van der Waals surface area contributed by atoms with Gasteiger partial charge in [-0.05, 0) is 68.7 Å². The summed E-state index contributed by atoms with van der Waals surface area (Å²) >= 11 is 13.4. The van der Waals surface area contributed by atoms with E-state index in [0.29, 0.717) is 27.1 Å². The van der Waals surface area contributed by atoms with Crippen molar-refractivity contribution in [2.24, 2.45) is 5.92 Å². The lowest BCUT2D eigenvalue weighted by molar-refractivity contribution is 0.0209. The number of oxazole rings is 1. The molecular weight excluding hydrogens is 393 g/mol. The summed E-state index contributed by atoms with van der Waals surface area (Å²) in [6.07, 6.45) is 3.82. The van der Waals surface area contributed by atoms with E-state index in [2.05, 4.69) is 22.1 Å². The van der Waals surface area contributed by atoms with Crippen molar-refractivity contribution in [3.8, 4) is 0 Å². The summed E-state index contributed by atoms with van der Waals surface area (Å²) in [5, 5.41) is 4.74. The van der Waals surface area contributed by atoms with Crippen LogP contribution in [0.3, 0.4) is 0 Å². The normalized spacial score (nSPS) is 27.5. The molecule has 5 rings (SSSR count). The Morgan fingerprint density at radius 3 is 2.81 bits per heavy atom. The molecule has 138 valence electrons. The zero-order chi connectivity index (χ0) is 18.3. The van der Waals surface area contributed by atoms with Gasteiger partial charge in [0.1, 0.15) is 0 Å². The molecule has 2 aromatic rings. The second-order valence-electron chi connectivity index (χ2n) is 6.77. The fourth-order valence-electron chi connectivity index (χ4n) is 3.84. The molecule has 1 aromatic carbocycles. The monoisotopic (exact) mass is 411 g/mol. The molecule has 5 nitrogen and oxygen atoms in total. The van der Waals surface area contributed by atoms with E-state index in [1.165, 1.54) is 11.8 Å². The first-order valence-electron chi connectivity index (χ1n) is 8.65. The molecule has 1 amide bonds. The van der Waals surface area contributed by atoms with Crippen LogP contribution in [0, 0.1) is 5.92 Å². The van der Waals surface area contributed by atoms with Gasteiger partial charge in [-0.3, -0.25) is 9.69 Å². The molecular formula is C18H19Cl2N3O2S. The fourth-order valence-corrected chi connectivity index (χ4v) is 5.10. The van der Waals surface area contributed by atoms with Crippen LogP contribution in [0.25, 0.3) is 0 Å². The molecule has 2 atom stereocenters. The van der Waals surface area contributed by atoms with E-state index < -0.39 is 0 Å². The van der Waals surface area contributed by atoms with Crippen molar-refractivity contribution in [1.82, 2.24) is 15.2 Å². The minimum Gasteiger partial charge on any atom is -0.425 e. The second kappa shape index (κ2) is 7.43. The highest BCUT2D eigenvalue weighted by atomic mass is 35.5. The van der Waals surface area contributed by atoms with E-state index in [0.717, 1.165) is 30.8 Å². The third-order valence-corrected chi connectivity index (χ3v) is 6.88. The van der Waals surface area contributed by atoms with Crippen LogP contribution in [-0.4, -0.2) is 41.0 Å². The molecule has 0 saturated carbocycles. The maximum atomic E-state index is 12.6. The molecule has 0 aliphatic carbocycles. The van der Waals surface area contributed by atoms with E-state index in [4.69, 9.17) is 27.6 Å². The highest BCUT2D eigenvalue weighted by Crippen LogP contribution is 2.35. The first-order valence-corrected chi connectivity index (χ1v) is 10.2. The van der Waals surface area contributed by atoms with E-state index in [1.54, 1.807) is 18.3 Å². The van der Waals surface area contributed by atoms with E-state index in [1.807, 2.05) is 6.07 Å². The van der Waals surface area contributed by atoms with E-state index in [-0.39, 0.29) is 17.8 Å². The number of carbonyl (C=O) groups excluding carboxylic acids is 1. The van der Waals surface area contributed by atoms with Crippen molar-refractivity contribution in [2.75, 3.05) is 13.1 Å². The van der Waals surface area contributed by atoms with Crippen LogP contribution in [0.4, 0.5) is 0 Å². The van der Waals surface area contributed by atoms with Gasteiger partial charge in [0.15, 0.2) is 5.09 Å². The average molecular weight is 412 g/mol. The van der Waals surface area contributed by atoms with Crippen molar-refractivity contribution < 1.29 is 9.21 Å². The van der Waals surface area contributed by atoms with Gasteiger partial charge in [0.2, 0.25) is 0 Å². The van der Waals surface area contributed by atoms with Crippen molar-refractivity contribution in [3.05, 3.63) is 40.3 Å². The number of aromatic nitrogens is 1. The highest BCUT2D eigenvalue weighted by molar-refractivity contribution is 7.99. The molecule has 0 radical (unpaired) electrons.